The summed E-state index contributed by atoms with van der Waals surface area (Å²) in [5.41, 5.74) is 5.06. The SMILES string of the molecule is CN1CCN(c2ccc(C#N)c(NC(c3ccccc3)c3ccccc3)c2)CC1. The first kappa shape index (κ1) is 19.0. The lowest BCUT2D eigenvalue weighted by atomic mass is 9.98. The summed E-state index contributed by atoms with van der Waals surface area (Å²) >= 11 is 0. The first-order valence-corrected chi connectivity index (χ1v) is 10.1. The summed E-state index contributed by atoms with van der Waals surface area (Å²) in [5.74, 6) is 0. The molecular formula is C25H26N4. The van der Waals surface area contributed by atoms with E-state index in [-0.39, 0.29) is 6.04 Å². The Kier molecular flexibility index (Phi) is 5.79. The Morgan fingerprint density at radius 1 is 0.828 bits per heavy atom. The predicted octanol–water partition coefficient (Wildman–Crippen LogP) is 4.51. The van der Waals surface area contributed by atoms with E-state index in [4.69, 9.17) is 0 Å². The summed E-state index contributed by atoms with van der Waals surface area (Å²) in [6.07, 6.45) is 0. The van der Waals surface area contributed by atoms with E-state index in [0.717, 1.165) is 31.9 Å². The number of nitriles is 1. The minimum atomic E-state index is -0.0211. The van der Waals surface area contributed by atoms with Crippen LogP contribution in [0.5, 0.6) is 0 Å². The van der Waals surface area contributed by atoms with Crippen LogP contribution in [0.3, 0.4) is 0 Å². The Balaban J connectivity index is 1.68. The largest absolute Gasteiger partial charge is 0.373 e. The summed E-state index contributed by atoms with van der Waals surface area (Å²) in [7, 11) is 2.16. The van der Waals surface area contributed by atoms with Crippen molar-refractivity contribution in [2.24, 2.45) is 0 Å². The van der Waals surface area contributed by atoms with Crippen LogP contribution in [-0.4, -0.2) is 38.1 Å². The number of hydrogen-bond acceptors (Lipinski definition) is 4. The van der Waals surface area contributed by atoms with Crippen LogP contribution in [0.1, 0.15) is 22.7 Å². The molecule has 146 valence electrons. The molecule has 4 heteroatoms. The number of nitrogens with one attached hydrogen (secondary N) is 1. The number of likely N-dealkylation sites (N-methyl/N-ethyl adjacent to an activating group) is 1. The average molecular weight is 383 g/mol. The number of benzene rings is 3. The maximum atomic E-state index is 9.70. The van der Waals surface area contributed by atoms with Gasteiger partial charge in [0.2, 0.25) is 0 Å². The Morgan fingerprint density at radius 2 is 1.41 bits per heavy atom. The molecule has 0 aromatic heterocycles. The Morgan fingerprint density at radius 3 is 1.97 bits per heavy atom. The predicted molar refractivity (Wildman–Crippen MR) is 119 cm³/mol. The van der Waals surface area contributed by atoms with Gasteiger partial charge in [-0.15, -0.1) is 0 Å². The summed E-state index contributed by atoms with van der Waals surface area (Å²) < 4.78 is 0. The van der Waals surface area contributed by atoms with Crippen LogP contribution >= 0.6 is 0 Å². The monoisotopic (exact) mass is 382 g/mol. The van der Waals surface area contributed by atoms with Gasteiger partial charge in [0.15, 0.2) is 0 Å². The third-order valence-corrected chi connectivity index (χ3v) is 5.56. The van der Waals surface area contributed by atoms with Crippen molar-refractivity contribution in [3.05, 3.63) is 95.6 Å². The number of rotatable bonds is 5. The van der Waals surface area contributed by atoms with Crippen molar-refractivity contribution >= 4 is 11.4 Å². The lowest BCUT2D eigenvalue weighted by molar-refractivity contribution is 0.313. The molecule has 3 aromatic rings. The zero-order chi connectivity index (χ0) is 20.1. The van der Waals surface area contributed by atoms with E-state index < -0.39 is 0 Å². The van der Waals surface area contributed by atoms with Crippen molar-refractivity contribution in [2.45, 2.75) is 6.04 Å². The second-order valence-electron chi connectivity index (χ2n) is 7.53. The van der Waals surface area contributed by atoms with E-state index in [0.29, 0.717) is 5.56 Å². The van der Waals surface area contributed by atoms with Gasteiger partial charge in [0.25, 0.3) is 0 Å². The highest BCUT2D eigenvalue weighted by Crippen LogP contribution is 2.31. The van der Waals surface area contributed by atoms with Gasteiger partial charge in [0.05, 0.1) is 17.3 Å². The third kappa shape index (κ3) is 4.42. The molecule has 1 saturated heterocycles. The molecule has 1 aliphatic rings. The molecule has 0 saturated carbocycles. The van der Waals surface area contributed by atoms with Crippen molar-refractivity contribution in [3.63, 3.8) is 0 Å². The molecule has 3 aromatic carbocycles. The van der Waals surface area contributed by atoms with Gasteiger partial charge in [-0.2, -0.15) is 5.26 Å². The van der Waals surface area contributed by atoms with Gasteiger partial charge in [-0.25, -0.2) is 0 Å². The molecule has 1 fully saturated rings. The standard InChI is InChI=1S/C25H26N4/c1-28-14-16-29(17-15-28)23-13-12-22(19-26)24(18-23)27-25(20-8-4-2-5-9-20)21-10-6-3-7-11-21/h2-13,18,25,27H,14-17H2,1H3. The molecule has 0 aliphatic carbocycles. The van der Waals surface area contributed by atoms with Crippen LogP contribution in [-0.2, 0) is 0 Å². The molecule has 0 bridgehead atoms. The zero-order valence-corrected chi connectivity index (χ0v) is 16.8. The first-order valence-electron chi connectivity index (χ1n) is 10.1. The molecule has 1 aliphatic heterocycles. The molecule has 0 radical (unpaired) electrons. The van der Waals surface area contributed by atoms with E-state index in [1.165, 1.54) is 16.8 Å². The van der Waals surface area contributed by atoms with Crippen LogP contribution in [0.25, 0.3) is 0 Å². The fourth-order valence-corrected chi connectivity index (χ4v) is 3.82. The van der Waals surface area contributed by atoms with Gasteiger partial charge in [0, 0.05) is 31.9 Å². The molecule has 0 unspecified atom stereocenters. The van der Waals surface area contributed by atoms with Crippen LogP contribution in [0, 0.1) is 11.3 Å². The summed E-state index contributed by atoms with van der Waals surface area (Å²) in [4.78, 5) is 4.74. The molecule has 0 amide bonds. The van der Waals surface area contributed by atoms with E-state index in [9.17, 15) is 5.26 Å². The number of anilines is 2. The van der Waals surface area contributed by atoms with Gasteiger partial charge in [0.1, 0.15) is 6.07 Å². The van der Waals surface area contributed by atoms with Crippen LogP contribution < -0.4 is 10.2 Å². The average Bonchev–Trinajstić information content (AvgIpc) is 2.79. The van der Waals surface area contributed by atoms with Crippen molar-refractivity contribution in [1.82, 2.24) is 4.90 Å². The highest BCUT2D eigenvalue weighted by atomic mass is 15.2. The molecule has 1 heterocycles. The van der Waals surface area contributed by atoms with Crippen molar-refractivity contribution < 1.29 is 0 Å². The highest BCUT2D eigenvalue weighted by molar-refractivity contribution is 5.67. The summed E-state index contributed by atoms with van der Waals surface area (Å²) in [6, 6.07) is 29.2. The van der Waals surface area contributed by atoms with Crippen LogP contribution in [0.2, 0.25) is 0 Å². The van der Waals surface area contributed by atoms with E-state index >= 15 is 0 Å². The van der Waals surface area contributed by atoms with Crippen LogP contribution in [0.15, 0.2) is 78.9 Å². The molecule has 0 atom stereocenters. The number of nitrogens with zero attached hydrogens (tertiary/aromatic N) is 3. The number of hydrogen-bond donors (Lipinski definition) is 1. The van der Waals surface area contributed by atoms with Crippen LogP contribution in [0.4, 0.5) is 11.4 Å². The lowest BCUT2D eigenvalue weighted by Crippen LogP contribution is -2.44. The Labute approximate surface area is 173 Å². The fraction of sp³-hybridized carbons (Fsp3) is 0.240. The minimum Gasteiger partial charge on any atom is -0.373 e. The molecule has 29 heavy (non-hydrogen) atoms. The third-order valence-electron chi connectivity index (χ3n) is 5.56. The normalized spacial score (nSPS) is 14.6. The second kappa shape index (κ2) is 8.81. The zero-order valence-electron chi connectivity index (χ0n) is 16.8. The fourth-order valence-electron chi connectivity index (χ4n) is 3.82. The van der Waals surface area contributed by atoms with Gasteiger partial charge in [-0.05, 0) is 36.4 Å². The topological polar surface area (TPSA) is 42.3 Å². The van der Waals surface area contributed by atoms with Gasteiger partial charge in [-0.3, -0.25) is 0 Å². The Hall–Kier alpha value is -3.29. The smallest absolute Gasteiger partial charge is 0.101 e. The molecule has 0 spiro atoms. The molecular weight excluding hydrogens is 356 g/mol. The summed E-state index contributed by atoms with van der Waals surface area (Å²) in [6.45, 7) is 4.12. The van der Waals surface area contributed by atoms with E-state index in [1.54, 1.807) is 0 Å². The maximum Gasteiger partial charge on any atom is 0.101 e. The highest BCUT2D eigenvalue weighted by Gasteiger charge is 2.18. The second-order valence-corrected chi connectivity index (χ2v) is 7.53. The van der Waals surface area contributed by atoms with Crippen molar-refractivity contribution in [3.8, 4) is 6.07 Å². The van der Waals surface area contributed by atoms with Gasteiger partial charge in [-0.1, -0.05) is 60.7 Å². The quantitative estimate of drug-likeness (QED) is 0.705. The minimum absolute atomic E-state index is 0.0211. The lowest BCUT2D eigenvalue weighted by Gasteiger charge is -2.34. The molecule has 4 nitrogen and oxygen atoms in total. The van der Waals surface area contributed by atoms with E-state index in [2.05, 4.69) is 88.9 Å². The van der Waals surface area contributed by atoms with Gasteiger partial charge < -0.3 is 15.1 Å². The maximum absolute atomic E-state index is 9.70. The number of piperazine rings is 1. The Bertz CT molecular complexity index is 931. The first-order chi connectivity index (χ1) is 14.2. The summed E-state index contributed by atoms with van der Waals surface area (Å²) in [5, 5.41) is 13.4. The van der Waals surface area contributed by atoms with Crippen molar-refractivity contribution in [1.29, 1.82) is 5.26 Å². The van der Waals surface area contributed by atoms with E-state index in [1.807, 2.05) is 18.2 Å². The molecule has 1 N–H and O–H groups in total. The van der Waals surface area contributed by atoms with Gasteiger partial charge >= 0.3 is 0 Å². The van der Waals surface area contributed by atoms with Crippen molar-refractivity contribution in [2.75, 3.05) is 43.4 Å². The molecule has 4 rings (SSSR count).